The Morgan fingerprint density at radius 2 is 1.33 bits per heavy atom. The minimum atomic E-state index is -0.714. The van der Waals surface area contributed by atoms with Gasteiger partial charge in [-0.15, -0.1) is 0 Å². The van der Waals surface area contributed by atoms with E-state index in [2.05, 4.69) is 0 Å². The number of benzene rings is 2. The van der Waals surface area contributed by atoms with E-state index in [1.165, 1.54) is 12.1 Å². The van der Waals surface area contributed by atoms with E-state index in [1.54, 1.807) is 61.5 Å². The second-order valence-corrected chi connectivity index (χ2v) is 5.31. The largest absolute Gasteiger partial charge is 0.458 e. The van der Waals surface area contributed by atoms with Gasteiger partial charge in [0.1, 0.15) is 5.76 Å². The summed E-state index contributed by atoms with van der Waals surface area (Å²) >= 11 is 0. The summed E-state index contributed by atoms with van der Waals surface area (Å²) in [4.78, 5) is 37.5. The Morgan fingerprint density at radius 3 is 1.96 bits per heavy atom. The van der Waals surface area contributed by atoms with Gasteiger partial charge in [0.15, 0.2) is 5.76 Å². The maximum Gasteiger partial charge on any atom is 0.234 e. The van der Waals surface area contributed by atoms with Crippen LogP contribution in [0.3, 0.4) is 0 Å². The van der Waals surface area contributed by atoms with E-state index in [0.717, 1.165) is 0 Å². The fraction of sp³-hybridized carbons (Fsp3) is 0.0500. The molecule has 3 rings (SSSR count). The lowest BCUT2D eigenvalue weighted by Gasteiger charge is -2.06. The number of aryl methyl sites for hydroxylation is 1. The van der Waals surface area contributed by atoms with Crippen LogP contribution in [-0.4, -0.2) is 17.3 Å². The zero-order valence-corrected chi connectivity index (χ0v) is 13.0. The van der Waals surface area contributed by atoms with Crippen molar-refractivity contribution in [2.45, 2.75) is 6.92 Å². The first kappa shape index (κ1) is 15.6. The van der Waals surface area contributed by atoms with E-state index in [4.69, 9.17) is 4.42 Å². The van der Waals surface area contributed by atoms with Crippen LogP contribution in [0.4, 0.5) is 0 Å². The summed E-state index contributed by atoms with van der Waals surface area (Å²) in [6.07, 6.45) is 0. The number of furan rings is 1. The average Bonchev–Trinajstić information content (AvgIpc) is 3.07. The lowest BCUT2D eigenvalue weighted by Crippen LogP contribution is -2.18. The molecule has 1 heterocycles. The zero-order valence-electron chi connectivity index (χ0n) is 13.0. The molecule has 0 aliphatic rings. The Balaban J connectivity index is 1.99. The molecule has 1 aromatic heterocycles. The molecule has 0 unspecified atom stereocenters. The van der Waals surface area contributed by atoms with E-state index in [1.807, 2.05) is 0 Å². The average molecular weight is 318 g/mol. The van der Waals surface area contributed by atoms with Crippen LogP contribution < -0.4 is 0 Å². The van der Waals surface area contributed by atoms with Gasteiger partial charge in [0.2, 0.25) is 17.3 Å². The topological polar surface area (TPSA) is 64.3 Å². The summed E-state index contributed by atoms with van der Waals surface area (Å²) < 4.78 is 5.33. The van der Waals surface area contributed by atoms with Gasteiger partial charge in [0, 0.05) is 16.7 Å². The Hall–Kier alpha value is -3.27. The normalized spacial score (nSPS) is 10.4. The van der Waals surface area contributed by atoms with Crippen molar-refractivity contribution in [2.75, 3.05) is 0 Å². The van der Waals surface area contributed by atoms with Gasteiger partial charge < -0.3 is 4.42 Å². The Labute approximate surface area is 138 Å². The third-order valence-electron chi connectivity index (χ3n) is 3.62. The molecule has 24 heavy (non-hydrogen) atoms. The number of rotatable bonds is 5. The molecule has 0 bridgehead atoms. The molecule has 0 fully saturated rings. The van der Waals surface area contributed by atoms with Crippen LogP contribution in [-0.2, 0) is 0 Å². The predicted octanol–water partition coefficient (Wildman–Crippen LogP) is 3.88. The number of hydrogen-bond acceptors (Lipinski definition) is 4. The molecule has 4 nitrogen and oxygen atoms in total. The van der Waals surface area contributed by atoms with Crippen LogP contribution in [0.5, 0.6) is 0 Å². The van der Waals surface area contributed by atoms with Crippen LogP contribution in [0.2, 0.25) is 0 Å². The molecule has 0 spiro atoms. The van der Waals surface area contributed by atoms with Gasteiger partial charge in [-0.2, -0.15) is 0 Å². The summed E-state index contributed by atoms with van der Waals surface area (Å²) in [7, 11) is 0. The van der Waals surface area contributed by atoms with Gasteiger partial charge in [-0.3, -0.25) is 14.4 Å². The first-order valence-electron chi connectivity index (χ1n) is 7.42. The number of carbonyl (C=O) groups is 3. The number of Topliss-reactive ketones (excluding diaryl/α,β-unsaturated/α-hetero) is 2. The Bertz CT molecular complexity index is 920. The molecule has 0 saturated heterocycles. The summed E-state index contributed by atoms with van der Waals surface area (Å²) in [5.74, 6) is -1.05. The molecule has 4 heteroatoms. The van der Waals surface area contributed by atoms with E-state index < -0.39 is 17.3 Å². The molecule has 0 N–H and O–H groups in total. The Morgan fingerprint density at radius 1 is 0.708 bits per heavy atom. The summed E-state index contributed by atoms with van der Waals surface area (Å²) in [5.41, 5.74) is 0.519. The Kier molecular flexibility index (Phi) is 4.20. The highest BCUT2D eigenvalue weighted by Crippen LogP contribution is 2.18. The van der Waals surface area contributed by atoms with E-state index in [-0.39, 0.29) is 16.9 Å². The van der Waals surface area contributed by atoms with Crippen molar-refractivity contribution >= 4 is 17.3 Å². The van der Waals surface area contributed by atoms with Crippen molar-refractivity contribution < 1.29 is 18.8 Å². The third-order valence-corrected chi connectivity index (χ3v) is 3.62. The van der Waals surface area contributed by atoms with E-state index >= 15 is 0 Å². The molecule has 0 aliphatic heterocycles. The molecular formula is C20H14O4. The standard InChI is InChI=1S/C20H14O4/c1-13-11-12-17(24-13)19(22)15-9-5-6-10-16(15)20(23)18(21)14-7-3-2-4-8-14/h2-12H,1H3. The molecule has 0 atom stereocenters. The second-order valence-electron chi connectivity index (χ2n) is 5.31. The zero-order chi connectivity index (χ0) is 17.1. The van der Waals surface area contributed by atoms with Crippen molar-refractivity contribution in [3.63, 3.8) is 0 Å². The van der Waals surface area contributed by atoms with Crippen LogP contribution in [0.15, 0.2) is 71.1 Å². The molecule has 0 radical (unpaired) electrons. The highest BCUT2D eigenvalue weighted by atomic mass is 16.3. The smallest absolute Gasteiger partial charge is 0.234 e. The van der Waals surface area contributed by atoms with Crippen LogP contribution >= 0.6 is 0 Å². The maximum absolute atomic E-state index is 12.6. The van der Waals surface area contributed by atoms with Crippen LogP contribution in [0, 0.1) is 6.92 Å². The minimum Gasteiger partial charge on any atom is -0.458 e. The summed E-state index contributed by atoms with van der Waals surface area (Å²) in [5, 5.41) is 0. The van der Waals surface area contributed by atoms with Crippen molar-refractivity contribution in [2.24, 2.45) is 0 Å². The highest BCUT2D eigenvalue weighted by molar-refractivity contribution is 6.50. The molecule has 0 amide bonds. The molecule has 3 aromatic rings. The third kappa shape index (κ3) is 2.94. The highest BCUT2D eigenvalue weighted by Gasteiger charge is 2.25. The maximum atomic E-state index is 12.6. The molecule has 2 aromatic carbocycles. The lowest BCUT2D eigenvalue weighted by atomic mass is 9.95. The van der Waals surface area contributed by atoms with Crippen molar-refractivity contribution in [1.29, 1.82) is 0 Å². The van der Waals surface area contributed by atoms with Crippen LogP contribution in [0.1, 0.15) is 42.6 Å². The molecule has 0 aliphatic carbocycles. The minimum absolute atomic E-state index is 0.0745. The summed E-state index contributed by atoms with van der Waals surface area (Å²) in [6.45, 7) is 1.73. The fourth-order valence-corrected chi connectivity index (χ4v) is 2.41. The van der Waals surface area contributed by atoms with Gasteiger partial charge >= 0.3 is 0 Å². The van der Waals surface area contributed by atoms with Crippen LogP contribution in [0.25, 0.3) is 0 Å². The number of carbonyl (C=O) groups excluding carboxylic acids is 3. The first-order valence-corrected chi connectivity index (χ1v) is 7.42. The monoisotopic (exact) mass is 318 g/mol. The van der Waals surface area contributed by atoms with Gasteiger partial charge in [-0.25, -0.2) is 0 Å². The van der Waals surface area contributed by atoms with E-state index in [9.17, 15) is 14.4 Å². The first-order chi connectivity index (χ1) is 11.6. The van der Waals surface area contributed by atoms with Crippen molar-refractivity contribution in [1.82, 2.24) is 0 Å². The van der Waals surface area contributed by atoms with Gasteiger partial charge in [0.05, 0.1) is 0 Å². The van der Waals surface area contributed by atoms with Gasteiger partial charge in [0.25, 0.3) is 0 Å². The SMILES string of the molecule is Cc1ccc(C(=O)c2ccccc2C(=O)C(=O)c2ccccc2)o1. The van der Waals surface area contributed by atoms with Gasteiger partial charge in [-0.05, 0) is 19.1 Å². The number of ketones is 3. The second kappa shape index (κ2) is 6.46. The molecular weight excluding hydrogens is 304 g/mol. The van der Waals surface area contributed by atoms with Gasteiger partial charge in [-0.1, -0.05) is 54.6 Å². The molecule has 118 valence electrons. The van der Waals surface area contributed by atoms with Crippen molar-refractivity contribution in [3.05, 3.63) is 94.9 Å². The predicted molar refractivity (Wildman–Crippen MR) is 88.4 cm³/mol. The number of hydrogen-bond donors (Lipinski definition) is 0. The van der Waals surface area contributed by atoms with Crippen molar-refractivity contribution in [3.8, 4) is 0 Å². The lowest BCUT2D eigenvalue weighted by molar-refractivity contribution is 0.0815. The fourth-order valence-electron chi connectivity index (χ4n) is 2.41. The van der Waals surface area contributed by atoms with E-state index in [0.29, 0.717) is 11.3 Å². The quantitative estimate of drug-likeness (QED) is 0.529. The molecule has 0 saturated carbocycles. The summed E-state index contributed by atoms with van der Waals surface area (Å²) in [6, 6.07) is 17.8.